The van der Waals surface area contributed by atoms with Crippen molar-refractivity contribution in [3.05, 3.63) is 35.4 Å². The first-order chi connectivity index (χ1) is 10.1. The topological polar surface area (TPSA) is 12.0 Å². The van der Waals surface area contributed by atoms with Gasteiger partial charge in [-0.05, 0) is 61.1 Å². The summed E-state index contributed by atoms with van der Waals surface area (Å²) in [4.78, 5) is 0. The lowest BCUT2D eigenvalue weighted by Crippen LogP contribution is -2.37. The highest BCUT2D eigenvalue weighted by molar-refractivity contribution is 5.29. The van der Waals surface area contributed by atoms with E-state index < -0.39 is 0 Å². The summed E-state index contributed by atoms with van der Waals surface area (Å²) in [5.74, 6) is 1.60. The predicted octanol–water partition coefficient (Wildman–Crippen LogP) is 5.43. The van der Waals surface area contributed by atoms with E-state index in [2.05, 4.69) is 50.5 Å². The highest BCUT2D eigenvalue weighted by Crippen LogP contribution is 2.47. The zero-order valence-electron chi connectivity index (χ0n) is 14.0. The van der Waals surface area contributed by atoms with Crippen LogP contribution >= 0.6 is 0 Å². The molecule has 0 bridgehead atoms. The molecule has 21 heavy (non-hydrogen) atoms. The molecule has 0 heterocycles. The molecule has 0 radical (unpaired) electrons. The summed E-state index contributed by atoms with van der Waals surface area (Å²) in [6, 6.07) is 10.1. The van der Waals surface area contributed by atoms with Crippen molar-refractivity contribution in [2.45, 2.75) is 70.8 Å². The van der Waals surface area contributed by atoms with E-state index in [-0.39, 0.29) is 0 Å². The SMILES string of the molecule is CNC(c1ccc(C2CCC2)cc1)C1CCCCC1(C)C. The fourth-order valence-electron chi connectivity index (χ4n) is 4.46. The third kappa shape index (κ3) is 3.04. The van der Waals surface area contributed by atoms with Crippen molar-refractivity contribution >= 4 is 0 Å². The number of nitrogens with one attached hydrogen (secondary N) is 1. The Kier molecular flexibility index (Phi) is 4.40. The Labute approximate surface area is 130 Å². The van der Waals surface area contributed by atoms with Gasteiger partial charge in [-0.1, -0.05) is 57.4 Å². The van der Waals surface area contributed by atoms with Crippen molar-refractivity contribution in [3.8, 4) is 0 Å². The van der Waals surface area contributed by atoms with Crippen molar-refractivity contribution in [1.82, 2.24) is 5.32 Å². The van der Waals surface area contributed by atoms with E-state index in [1.54, 1.807) is 5.56 Å². The molecule has 3 rings (SSSR count). The summed E-state index contributed by atoms with van der Waals surface area (Å²) in [6.45, 7) is 4.92. The van der Waals surface area contributed by atoms with Crippen LogP contribution in [0.1, 0.15) is 81.9 Å². The molecule has 0 spiro atoms. The fourth-order valence-corrected chi connectivity index (χ4v) is 4.46. The molecule has 0 aromatic heterocycles. The van der Waals surface area contributed by atoms with Crippen LogP contribution in [0.25, 0.3) is 0 Å². The lowest BCUT2D eigenvalue weighted by molar-refractivity contribution is 0.101. The second-order valence-electron chi connectivity index (χ2n) is 7.90. The van der Waals surface area contributed by atoms with E-state index in [9.17, 15) is 0 Å². The molecule has 1 N–H and O–H groups in total. The van der Waals surface area contributed by atoms with E-state index >= 15 is 0 Å². The molecule has 1 aromatic carbocycles. The van der Waals surface area contributed by atoms with Gasteiger partial charge in [-0.15, -0.1) is 0 Å². The minimum absolute atomic E-state index is 0.457. The van der Waals surface area contributed by atoms with E-state index in [0.717, 1.165) is 11.8 Å². The number of hydrogen-bond acceptors (Lipinski definition) is 1. The molecule has 0 amide bonds. The van der Waals surface area contributed by atoms with Gasteiger partial charge in [0.05, 0.1) is 0 Å². The molecule has 0 saturated heterocycles. The first-order valence-corrected chi connectivity index (χ1v) is 8.89. The molecular formula is C20H31N. The van der Waals surface area contributed by atoms with Crippen LogP contribution in [0.2, 0.25) is 0 Å². The molecule has 1 heteroatoms. The zero-order chi connectivity index (χ0) is 14.9. The summed E-state index contributed by atoms with van der Waals surface area (Å²) < 4.78 is 0. The minimum atomic E-state index is 0.457. The van der Waals surface area contributed by atoms with Gasteiger partial charge in [-0.3, -0.25) is 0 Å². The second kappa shape index (κ2) is 6.12. The molecule has 1 aromatic rings. The Hall–Kier alpha value is -0.820. The van der Waals surface area contributed by atoms with Crippen molar-refractivity contribution in [3.63, 3.8) is 0 Å². The van der Waals surface area contributed by atoms with E-state index in [0.29, 0.717) is 11.5 Å². The quantitative estimate of drug-likeness (QED) is 0.777. The van der Waals surface area contributed by atoms with Crippen LogP contribution in [-0.4, -0.2) is 7.05 Å². The molecule has 0 aliphatic heterocycles. The van der Waals surface area contributed by atoms with E-state index in [1.807, 2.05) is 0 Å². The Morgan fingerprint density at radius 1 is 1.00 bits per heavy atom. The normalized spacial score (nSPS) is 27.1. The standard InChI is InChI=1S/C20H31N/c1-20(2)14-5-4-9-18(20)19(21-3)17-12-10-16(11-13-17)15-7-6-8-15/h10-13,15,18-19,21H,4-9,14H2,1-3H3. The largest absolute Gasteiger partial charge is 0.313 e. The molecule has 2 aliphatic rings. The molecule has 2 saturated carbocycles. The lowest BCUT2D eigenvalue weighted by atomic mass is 9.64. The number of hydrogen-bond donors (Lipinski definition) is 1. The molecule has 2 unspecified atom stereocenters. The molecular weight excluding hydrogens is 254 g/mol. The van der Waals surface area contributed by atoms with Crippen LogP contribution < -0.4 is 5.32 Å². The van der Waals surface area contributed by atoms with Gasteiger partial charge in [0.25, 0.3) is 0 Å². The van der Waals surface area contributed by atoms with Crippen LogP contribution in [0.5, 0.6) is 0 Å². The molecule has 2 aliphatic carbocycles. The number of benzene rings is 1. The Balaban J connectivity index is 1.78. The van der Waals surface area contributed by atoms with Crippen LogP contribution in [0.4, 0.5) is 0 Å². The van der Waals surface area contributed by atoms with Gasteiger partial charge in [0, 0.05) is 6.04 Å². The summed E-state index contributed by atoms with van der Waals surface area (Å²) in [6.07, 6.45) is 9.74. The molecule has 2 fully saturated rings. The third-order valence-electron chi connectivity index (χ3n) is 6.18. The Bertz CT molecular complexity index is 455. The van der Waals surface area contributed by atoms with Gasteiger partial charge in [-0.25, -0.2) is 0 Å². The van der Waals surface area contributed by atoms with Crippen molar-refractivity contribution < 1.29 is 0 Å². The zero-order valence-corrected chi connectivity index (χ0v) is 14.0. The van der Waals surface area contributed by atoms with Gasteiger partial charge < -0.3 is 5.32 Å². The summed E-state index contributed by atoms with van der Waals surface area (Å²) in [7, 11) is 2.13. The molecule has 2 atom stereocenters. The van der Waals surface area contributed by atoms with E-state index in [4.69, 9.17) is 0 Å². The third-order valence-corrected chi connectivity index (χ3v) is 6.18. The van der Waals surface area contributed by atoms with Crippen molar-refractivity contribution in [2.24, 2.45) is 11.3 Å². The number of rotatable bonds is 4. The first-order valence-electron chi connectivity index (χ1n) is 8.89. The minimum Gasteiger partial charge on any atom is -0.313 e. The lowest BCUT2D eigenvalue weighted by Gasteiger charge is -2.43. The molecule has 116 valence electrons. The van der Waals surface area contributed by atoms with Crippen LogP contribution in [0.15, 0.2) is 24.3 Å². The smallest absolute Gasteiger partial charge is 0.0351 e. The first kappa shape index (κ1) is 15.1. The summed E-state index contributed by atoms with van der Waals surface area (Å²) in [5.41, 5.74) is 3.50. The maximum Gasteiger partial charge on any atom is 0.0351 e. The highest BCUT2D eigenvalue weighted by atomic mass is 14.9. The average molecular weight is 285 g/mol. The predicted molar refractivity (Wildman–Crippen MR) is 90.6 cm³/mol. The maximum absolute atomic E-state index is 3.62. The van der Waals surface area contributed by atoms with Gasteiger partial charge in [0.1, 0.15) is 0 Å². The van der Waals surface area contributed by atoms with Crippen molar-refractivity contribution in [2.75, 3.05) is 7.05 Å². The van der Waals surface area contributed by atoms with Gasteiger partial charge in [-0.2, -0.15) is 0 Å². The van der Waals surface area contributed by atoms with Crippen molar-refractivity contribution in [1.29, 1.82) is 0 Å². The van der Waals surface area contributed by atoms with Gasteiger partial charge >= 0.3 is 0 Å². The fraction of sp³-hybridized carbons (Fsp3) is 0.700. The monoisotopic (exact) mass is 285 g/mol. The van der Waals surface area contributed by atoms with Crippen LogP contribution in [0.3, 0.4) is 0 Å². The summed E-state index contributed by atoms with van der Waals surface area (Å²) in [5, 5.41) is 3.62. The summed E-state index contributed by atoms with van der Waals surface area (Å²) >= 11 is 0. The second-order valence-corrected chi connectivity index (χ2v) is 7.90. The van der Waals surface area contributed by atoms with Crippen LogP contribution in [0, 0.1) is 11.3 Å². The molecule has 1 nitrogen and oxygen atoms in total. The van der Waals surface area contributed by atoms with Gasteiger partial charge in [0.2, 0.25) is 0 Å². The highest BCUT2D eigenvalue weighted by Gasteiger charge is 2.37. The average Bonchev–Trinajstić information content (AvgIpc) is 2.41. The Morgan fingerprint density at radius 3 is 2.24 bits per heavy atom. The van der Waals surface area contributed by atoms with Gasteiger partial charge in [0.15, 0.2) is 0 Å². The Morgan fingerprint density at radius 2 is 1.71 bits per heavy atom. The van der Waals surface area contributed by atoms with E-state index in [1.165, 1.54) is 50.5 Å². The van der Waals surface area contributed by atoms with Crippen LogP contribution in [-0.2, 0) is 0 Å². The maximum atomic E-state index is 3.62.